The van der Waals surface area contributed by atoms with Gasteiger partial charge in [-0.1, -0.05) is 12.1 Å². The lowest BCUT2D eigenvalue weighted by Gasteiger charge is -2.16. The van der Waals surface area contributed by atoms with E-state index in [0.29, 0.717) is 13.0 Å². The summed E-state index contributed by atoms with van der Waals surface area (Å²) in [5.74, 6) is -0.703. The van der Waals surface area contributed by atoms with Crippen molar-refractivity contribution in [2.75, 3.05) is 26.2 Å². The van der Waals surface area contributed by atoms with Crippen molar-refractivity contribution in [3.05, 3.63) is 0 Å². The second-order valence-electron chi connectivity index (χ2n) is 4.68. The third kappa shape index (κ3) is 4.52. The summed E-state index contributed by atoms with van der Waals surface area (Å²) in [6.07, 6.45) is 4.05. The SMILES string of the molecule is CCC(C(=O)NCCCN1CCCC1)C(N)=NO. The molecule has 1 heterocycles. The van der Waals surface area contributed by atoms with Crippen LogP contribution in [0.1, 0.15) is 32.6 Å². The standard InChI is InChI=1S/C12H24N4O2/c1-2-10(11(13)15-18)12(17)14-6-5-9-16-7-3-4-8-16/h10,18H,2-9H2,1H3,(H2,13,15)(H,14,17). The van der Waals surface area contributed by atoms with Crippen LogP contribution in [-0.4, -0.2) is 48.0 Å². The van der Waals surface area contributed by atoms with Gasteiger partial charge in [-0.3, -0.25) is 4.79 Å². The molecule has 1 aliphatic heterocycles. The van der Waals surface area contributed by atoms with Crippen LogP contribution in [0.4, 0.5) is 0 Å². The maximum atomic E-state index is 11.8. The van der Waals surface area contributed by atoms with Crippen LogP contribution in [0.15, 0.2) is 5.16 Å². The minimum absolute atomic E-state index is 0.0189. The normalized spacial score (nSPS) is 18.8. The van der Waals surface area contributed by atoms with E-state index in [1.165, 1.54) is 25.9 Å². The second kappa shape index (κ2) is 7.92. The average molecular weight is 256 g/mol. The number of nitrogens with two attached hydrogens (primary N) is 1. The smallest absolute Gasteiger partial charge is 0.230 e. The van der Waals surface area contributed by atoms with E-state index in [9.17, 15) is 4.79 Å². The summed E-state index contributed by atoms with van der Waals surface area (Å²) in [6.45, 7) is 5.86. The average Bonchev–Trinajstić information content (AvgIpc) is 2.88. The number of amides is 1. The Morgan fingerprint density at radius 3 is 2.72 bits per heavy atom. The minimum atomic E-state index is -0.526. The molecule has 0 aromatic rings. The maximum Gasteiger partial charge on any atom is 0.230 e. The van der Waals surface area contributed by atoms with E-state index in [1.54, 1.807) is 0 Å². The Kier molecular flexibility index (Phi) is 6.49. The van der Waals surface area contributed by atoms with Crippen molar-refractivity contribution in [3.63, 3.8) is 0 Å². The summed E-state index contributed by atoms with van der Waals surface area (Å²) in [5.41, 5.74) is 5.46. The molecule has 1 unspecified atom stereocenters. The molecule has 6 heteroatoms. The Morgan fingerprint density at radius 1 is 1.50 bits per heavy atom. The van der Waals surface area contributed by atoms with Gasteiger partial charge in [-0.15, -0.1) is 0 Å². The van der Waals surface area contributed by atoms with E-state index in [0.717, 1.165) is 13.0 Å². The molecule has 0 bridgehead atoms. The molecule has 1 fully saturated rings. The number of likely N-dealkylation sites (tertiary alicyclic amines) is 1. The minimum Gasteiger partial charge on any atom is -0.409 e. The fourth-order valence-electron chi connectivity index (χ4n) is 2.24. The van der Waals surface area contributed by atoms with Crippen molar-refractivity contribution >= 4 is 11.7 Å². The van der Waals surface area contributed by atoms with Gasteiger partial charge in [0.05, 0.1) is 5.92 Å². The van der Waals surface area contributed by atoms with E-state index < -0.39 is 5.92 Å². The van der Waals surface area contributed by atoms with Crippen molar-refractivity contribution < 1.29 is 10.0 Å². The lowest BCUT2D eigenvalue weighted by atomic mass is 10.0. The fraction of sp³-hybridized carbons (Fsp3) is 0.833. The van der Waals surface area contributed by atoms with Crippen LogP contribution in [0.25, 0.3) is 0 Å². The van der Waals surface area contributed by atoms with E-state index in [4.69, 9.17) is 10.9 Å². The van der Waals surface area contributed by atoms with Crippen molar-refractivity contribution in [1.82, 2.24) is 10.2 Å². The topological polar surface area (TPSA) is 91.0 Å². The third-order valence-corrected chi connectivity index (χ3v) is 3.35. The van der Waals surface area contributed by atoms with Gasteiger partial charge in [-0.05, 0) is 45.3 Å². The number of hydrogen-bond acceptors (Lipinski definition) is 4. The first-order chi connectivity index (χ1) is 8.69. The van der Waals surface area contributed by atoms with Gasteiger partial charge >= 0.3 is 0 Å². The molecule has 1 saturated heterocycles. The Labute approximate surface area is 108 Å². The quantitative estimate of drug-likeness (QED) is 0.202. The van der Waals surface area contributed by atoms with Crippen LogP contribution < -0.4 is 11.1 Å². The Balaban J connectivity index is 2.18. The zero-order chi connectivity index (χ0) is 13.4. The van der Waals surface area contributed by atoms with Gasteiger partial charge in [0.1, 0.15) is 0 Å². The Hall–Kier alpha value is -1.30. The number of oxime groups is 1. The molecule has 0 aromatic carbocycles. The number of rotatable bonds is 7. The lowest BCUT2D eigenvalue weighted by molar-refractivity contribution is -0.123. The first-order valence-electron chi connectivity index (χ1n) is 6.66. The Morgan fingerprint density at radius 2 is 2.17 bits per heavy atom. The van der Waals surface area contributed by atoms with Crippen molar-refractivity contribution in [2.24, 2.45) is 16.8 Å². The molecular weight excluding hydrogens is 232 g/mol. The summed E-state index contributed by atoms with van der Waals surface area (Å²) < 4.78 is 0. The molecule has 1 atom stereocenters. The maximum absolute atomic E-state index is 11.8. The van der Waals surface area contributed by atoms with Crippen LogP contribution in [0.2, 0.25) is 0 Å². The molecule has 0 saturated carbocycles. The van der Waals surface area contributed by atoms with Gasteiger partial charge in [0.2, 0.25) is 5.91 Å². The van der Waals surface area contributed by atoms with E-state index in [-0.39, 0.29) is 11.7 Å². The number of carbonyl (C=O) groups is 1. The molecular formula is C12H24N4O2. The number of nitrogens with zero attached hydrogens (tertiary/aromatic N) is 2. The van der Waals surface area contributed by atoms with Crippen molar-refractivity contribution in [3.8, 4) is 0 Å². The van der Waals surface area contributed by atoms with Gasteiger partial charge in [-0.25, -0.2) is 0 Å². The van der Waals surface area contributed by atoms with Gasteiger partial charge < -0.3 is 21.2 Å². The molecule has 0 spiro atoms. The molecule has 18 heavy (non-hydrogen) atoms. The number of carbonyl (C=O) groups excluding carboxylic acids is 1. The molecule has 1 amide bonds. The summed E-state index contributed by atoms with van der Waals surface area (Å²) in [6, 6.07) is 0. The summed E-state index contributed by atoms with van der Waals surface area (Å²) in [7, 11) is 0. The summed E-state index contributed by atoms with van der Waals surface area (Å²) in [5, 5.41) is 14.3. The first kappa shape index (κ1) is 14.8. The van der Waals surface area contributed by atoms with E-state index in [2.05, 4.69) is 15.4 Å². The van der Waals surface area contributed by atoms with Crippen LogP contribution in [-0.2, 0) is 4.79 Å². The van der Waals surface area contributed by atoms with Crippen molar-refractivity contribution in [2.45, 2.75) is 32.6 Å². The second-order valence-corrected chi connectivity index (χ2v) is 4.68. The number of amidine groups is 1. The zero-order valence-electron chi connectivity index (χ0n) is 11.1. The third-order valence-electron chi connectivity index (χ3n) is 3.35. The zero-order valence-corrected chi connectivity index (χ0v) is 11.1. The predicted molar refractivity (Wildman–Crippen MR) is 70.5 cm³/mol. The molecule has 104 valence electrons. The highest BCUT2D eigenvalue weighted by Crippen LogP contribution is 2.07. The Bertz CT molecular complexity index is 288. The van der Waals surface area contributed by atoms with Crippen LogP contribution in [0.5, 0.6) is 0 Å². The van der Waals surface area contributed by atoms with Crippen LogP contribution in [0.3, 0.4) is 0 Å². The lowest BCUT2D eigenvalue weighted by Crippen LogP contribution is -2.39. The monoisotopic (exact) mass is 256 g/mol. The molecule has 4 N–H and O–H groups in total. The molecule has 0 aromatic heterocycles. The van der Waals surface area contributed by atoms with Gasteiger partial charge in [0, 0.05) is 6.54 Å². The largest absolute Gasteiger partial charge is 0.409 e. The van der Waals surface area contributed by atoms with Gasteiger partial charge in [0.25, 0.3) is 0 Å². The molecule has 1 rings (SSSR count). The molecule has 0 radical (unpaired) electrons. The van der Waals surface area contributed by atoms with Gasteiger partial charge in [-0.2, -0.15) is 0 Å². The van der Waals surface area contributed by atoms with Crippen LogP contribution >= 0.6 is 0 Å². The van der Waals surface area contributed by atoms with Gasteiger partial charge in [0.15, 0.2) is 5.84 Å². The highest BCUT2D eigenvalue weighted by Gasteiger charge is 2.20. The molecule has 6 nitrogen and oxygen atoms in total. The van der Waals surface area contributed by atoms with Crippen LogP contribution in [0, 0.1) is 5.92 Å². The number of hydrogen-bond donors (Lipinski definition) is 3. The molecule has 1 aliphatic rings. The summed E-state index contributed by atoms with van der Waals surface area (Å²) >= 11 is 0. The fourth-order valence-corrected chi connectivity index (χ4v) is 2.24. The number of nitrogens with one attached hydrogen (secondary N) is 1. The highest BCUT2D eigenvalue weighted by molar-refractivity contribution is 6.01. The van der Waals surface area contributed by atoms with E-state index in [1.807, 2.05) is 6.92 Å². The molecule has 0 aliphatic carbocycles. The predicted octanol–water partition coefficient (Wildman–Crippen LogP) is 0.361. The highest BCUT2D eigenvalue weighted by atomic mass is 16.4. The first-order valence-corrected chi connectivity index (χ1v) is 6.66. The summed E-state index contributed by atoms with van der Waals surface area (Å²) in [4.78, 5) is 14.2. The van der Waals surface area contributed by atoms with Crippen molar-refractivity contribution in [1.29, 1.82) is 0 Å². The van der Waals surface area contributed by atoms with E-state index >= 15 is 0 Å².